The Kier molecular flexibility index (Phi) is 8.97. The van der Waals surface area contributed by atoms with Crippen molar-refractivity contribution in [3.05, 3.63) is 105 Å². The summed E-state index contributed by atoms with van der Waals surface area (Å²) in [5.74, 6) is -1.46. The number of piperidine rings is 1. The number of aliphatic carboxylic acids is 1. The molecule has 3 aromatic carbocycles. The van der Waals surface area contributed by atoms with Gasteiger partial charge in [-0.1, -0.05) is 34.8 Å². The summed E-state index contributed by atoms with van der Waals surface area (Å²) in [5, 5.41) is 31.9. The maximum Gasteiger partial charge on any atom is 0.322 e. The van der Waals surface area contributed by atoms with Crippen LogP contribution in [0.4, 0.5) is 11.4 Å². The van der Waals surface area contributed by atoms with Gasteiger partial charge < -0.3 is 5.11 Å². The molecule has 0 aliphatic carbocycles. The third-order valence-corrected chi connectivity index (χ3v) is 10.2. The number of non-ortho nitro benzene ring substituents is 2. The van der Waals surface area contributed by atoms with Crippen LogP contribution in [0.3, 0.4) is 0 Å². The van der Waals surface area contributed by atoms with Crippen molar-refractivity contribution in [3.8, 4) is 0 Å². The topological polar surface area (TPSA) is 208 Å². The van der Waals surface area contributed by atoms with Crippen LogP contribution in [0.15, 0.2) is 88.7 Å². The first-order valence-electron chi connectivity index (χ1n) is 12.3. The van der Waals surface area contributed by atoms with Crippen molar-refractivity contribution in [3.63, 3.8) is 0 Å². The van der Waals surface area contributed by atoms with Crippen molar-refractivity contribution in [2.75, 3.05) is 6.54 Å². The van der Waals surface area contributed by atoms with Gasteiger partial charge in [0.05, 0.1) is 32.3 Å². The van der Waals surface area contributed by atoms with Gasteiger partial charge in [0.1, 0.15) is 6.04 Å². The predicted molar refractivity (Wildman–Crippen MR) is 145 cm³/mol. The van der Waals surface area contributed by atoms with E-state index >= 15 is 0 Å². The van der Waals surface area contributed by atoms with Crippen molar-refractivity contribution in [1.29, 1.82) is 0 Å². The lowest BCUT2D eigenvalue weighted by Gasteiger charge is -2.40. The van der Waals surface area contributed by atoms with Crippen LogP contribution in [-0.4, -0.2) is 65.2 Å². The molecule has 0 radical (unpaired) electrons. The van der Waals surface area contributed by atoms with Crippen LogP contribution in [0.5, 0.6) is 0 Å². The van der Waals surface area contributed by atoms with E-state index in [4.69, 9.17) is 4.84 Å². The fraction of sp³-hybridized carbons (Fsp3) is 0.240. The number of nitro benzene ring substituents is 2. The van der Waals surface area contributed by atoms with Crippen LogP contribution in [0, 0.1) is 20.2 Å². The van der Waals surface area contributed by atoms with E-state index in [1.165, 1.54) is 0 Å². The standard InChI is InChI=1S/C25H24N4O11S2/c30-25(31)24-15-10-21(16-26(24)41(36,37)22-11-6-19(7-12-22)27(32)33)29(40-17-18-4-2-1-3-5-18)42(38,39)23-13-8-20(9-14-23)28(34)35/h1-9,11-14,21,24H,10,15-17H2,(H,30,31)/t21-,24+/m1/s1. The fourth-order valence-corrected chi connectivity index (χ4v) is 7.50. The lowest BCUT2D eigenvalue weighted by molar-refractivity contribution is -0.385. The van der Waals surface area contributed by atoms with Gasteiger partial charge in [0, 0.05) is 30.8 Å². The second kappa shape index (κ2) is 12.3. The maximum absolute atomic E-state index is 13.8. The Labute approximate surface area is 239 Å². The van der Waals surface area contributed by atoms with Crippen LogP contribution in [0.1, 0.15) is 18.4 Å². The number of nitrogens with zero attached hydrogens (tertiary/aromatic N) is 4. The molecule has 1 aliphatic rings. The van der Waals surface area contributed by atoms with Crippen LogP contribution in [0.2, 0.25) is 0 Å². The molecule has 1 saturated heterocycles. The quantitative estimate of drug-likeness (QED) is 0.243. The summed E-state index contributed by atoms with van der Waals surface area (Å²) in [6.45, 7) is -0.877. The molecule has 4 rings (SSSR count). The molecular formula is C25H24N4O11S2. The monoisotopic (exact) mass is 620 g/mol. The van der Waals surface area contributed by atoms with Crippen molar-refractivity contribution in [2.24, 2.45) is 0 Å². The third-order valence-electron chi connectivity index (χ3n) is 6.53. The number of carboxylic acids is 1. The molecule has 0 amide bonds. The van der Waals surface area contributed by atoms with E-state index in [2.05, 4.69) is 0 Å². The molecule has 0 unspecified atom stereocenters. The van der Waals surface area contributed by atoms with Crippen LogP contribution >= 0.6 is 0 Å². The van der Waals surface area contributed by atoms with Crippen molar-refractivity contribution < 1.29 is 41.4 Å². The molecule has 0 saturated carbocycles. The van der Waals surface area contributed by atoms with E-state index in [0.29, 0.717) is 14.3 Å². The lowest BCUT2D eigenvalue weighted by Crippen LogP contribution is -2.57. The first kappa shape index (κ1) is 30.7. The Balaban J connectivity index is 1.72. The summed E-state index contributed by atoms with van der Waals surface area (Å²) in [6.07, 6.45) is -0.391. The van der Waals surface area contributed by atoms with E-state index < -0.39 is 59.4 Å². The highest BCUT2D eigenvalue weighted by Crippen LogP contribution is 2.32. The largest absolute Gasteiger partial charge is 0.480 e. The first-order valence-corrected chi connectivity index (χ1v) is 15.1. The van der Waals surface area contributed by atoms with Gasteiger partial charge >= 0.3 is 5.97 Å². The number of sulfonamides is 2. The summed E-state index contributed by atoms with van der Waals surface area (Å²) in [7, 11) is -9.13. The van der Waals surface area contributed by atoms with Crippen molar-refractivity contribution >= 4 is 37.4 Å². The van der Waals surface area contributed by atoms with Gasteiger partial charge in [0.15, 0.2) is 0 Å². The molecule has 0 aromatic heterocycles. The Morgan fingerprint density at radius 1 is 0.857 bits per heavy atom. The molecule has 17 heteroatoms. The highest BCUT2D eigenvalue weighted by Gasteiger charge is 2.45. The van der Waals surface area contributed by atoms with Gasteiger partial charge in [-0.15, -0.1) is 0 Å². The smallest absolute Gasteiger partial charge is 0.322 e. The molecular weight excluding hydrogens is 596 g/mol. The summed E-state index contributed by atoms with van der Waals surface area (Å²) in [4.78, 5) is 37.7. The number of rotatable bonds is 11. The molecule has 2 atom stereocenters. The number of carbonyl (C=O) groups is 1. The molecule has 1 fully saturated rings. The van der Waals surface area contributed by atoms with E-state index in [1.54, 1.807) is 30.3 Å². The molecule has 42 heavy (non-hydrogen) atoms. The number of nitro groups is 2. The number of benzene rings is 3. The lowest BCUT2D eigenvalue weighted by atomic mass is 10.0. The van der Waals surface area contributed by atoms with E-state index in [1.807, 2.05) is 0 Å². The second-order valence-corrected chi connectivity index (χ2v) is 12.9. The SMILES string of the molecule is O=C(O)[C@@H]1CC[C@@H](N(OCc2ccccc2)S(=O)(=O)c2ccc([N+](=O)[O-])cc2)CN1S(=O)(=O)c1ccc([N+](=O)[O-])cc1. The summed E-state index contributed by atoms with van der Waals surface area (Å²) in [5.41, 5.74) is -0.154. The zero-order valence-electron chi connectivity index (χ0n) is 21.6. The van der Waals surface area contributed by atoms with E-state index in [-0.39, 0.29) is 35.7 Å². The summed E-state index contributed by atoms with van der Waals surface area (Å²) in [6, 6.07) is 13.6. The zero-order valence-corrected chi connectivity index (χ0v) is 23.3. The Morgan fingerprint density at radius 3 is 1.88 bits per heavy atom. The van der Waals surface area contributed by atoms with Crippen LogP contribution in [0.25, 0.3) is 0 Å². The van der Waals surface area contributed by atoms with Crippen molar-refractivity contribution in [2.45, 2.75) is 41.3 Å². The van der Waals surface area contributed by atoms with Gasteiger partial charge in [-0.3, -0.25) is 29.9 Å². The maximum atomic E-state index is 13.8. The highest BCUT2D eigenvalue weighted by atomic mass is 32.2. The van der Waals surface area contributed by atoms with Gasteiger partial charge in [-0.25, -0.2) is 16.8 Å². The molecule has 1 aliphatic heterocycles. The minimum absolute atomic E-state index is 0.107. The Hall–Kier alpha value is -4.29. The highest BCUT2D eigenvalue weighted by molar-refractivity contribution is 7.89. The van der Waals surface area contributed by atoms with Crippen LogP contribution in [-0.2, 0) is 36.3 Å². The fourth-order valence-electron chi connectivity index (χ4n) is 4.41. The van der Waals surface area contributed by atoms with Gasteiger partial charge in [0.25, 0.3) is 21.4 Å². The minimum Gasteiger partial charge on any atom is -0.480 e. The molecule has 1 N–H and O–H groups in total. The van der Waals surface area contributed by atoms with Gasteiger partial charge in [-0.2, -0.15) is 4.31 Å². The number of hydrogen-bond acceptors (Lipinski definition) is 10. The second-order valence-electron chi connectivity index (χ2n) is 9.18. The molecule has 1 heterocycles. The average molecular weight is 621 g/mol. The normalized spacial score (nSPS) is 18.0. The zero-order chi connectivity index (χ0) is 30.7. The van der Waals surface area contributed by atoms with Gasteiger partial charge in [0.2, 0.25) is 10.0 Å². The molecule has 3 aromatic rings. The Bertz CT molecular complexity index is 1680. The molecule has 15 nitrogen and oxygen atoms in total. The minimum atomic E-state index is -4.58. The number of hydrogen-bond donors (Lipinski definition) is 1. The molecule has 222 valence electrons. The predicted octanol–water partition coefficient (Wildman–Crippen LogP) is 2.93. The van der Waals surface area contributed by atoms with E-state index in [0.717, 1.165) is 48.5 Å². The van der Waals surface area contributed by atoms with Crippen LogP contribution < -0.4 is 0 Å². The van der Waals surface area contributed by atoms with Crippen molar-refractivity contribution in [1.82, 2.24) is 8.77 Å². The van der Waals surface area contributed by atoms with E-state index in [9.17, 15) is 47.0 Å². The first-order chi connectivity index (χ1) is 19.8. The molecule has 0 spiro atoms. The molecule has 0 bridgehead atoms. The summed E-state index contributed by atoms with van der Waals surface area (Å²) < 4.78 is 55.9. The average Bonchev–Trinajstić information content (AvgIpc) is 2.97. The Morgan fingerprint density at radius 2 is 1.38 bits per heavy atom. The summed E-state index contributed by atoms with van der Waals surface area (Å²) >= 11 is 0. The van der Waals surface area contributed by atoms with Gasteiger partial charge in [-0.05, 0) is 42.7 Å². The third kappa shape index (κ3) is 6.44. The number of carboxylic acid groups (broad SMARTS) is 1. The number of hydroxylamine groups is 1.